The van der Waals surface area contributed by atoms with E-state index in [1.165, 1.54) is 0 Å². The molecule has 0 unspecified atom stereocenters. The quantitative estimate of drug-likeness (QED) is 0.908. The fourth-order valence-corrected chi connectivity index (χ4v) is 2.41. The van der Waals surface area contributed by atoms with Gasteiger partial charge in [-0.25, -0.2) is 0 Å². The lowest BCUT2D eigenvalue weighted by atomic mass is 9.80. The van der Waals surface area contributed by atoms with E-state index in [9.17, 15) is 5.11 Å². The van der Waals surface area contributed by atoms with Crippen LogP contribution < -0.4 is 0 Å². The second-order valence-corrected chi connectivity index (χ2v) is 5.14. The molecule has 2 heteroatoms. The molecule has 0 radical (unpaired) electrons. The van der Waals surface area contributed by atoms with E-state index in [-0.39, 0.29) is 6.04 Å². The molecule has 0 spiro atoms. The second kappa shape index (κ2) is 5.55. The van der Waals surface area contributed by atoms with Crippen molar-refractivity contribution in [2.24, 2.45) is 0 Å². The van der Waals surface area contributed by atoms with Gasteiger partial charge >= 0.3 is 0 Å². The first kappa shape index (κ1) is 13.8. The molecular formula is C17H21NO. The molecule has 2 rings (SSSR count). The van der Waals surface area contributed by atoms with Crippen LogP contribution in [-0.2, 0) is 5.60 Å². The summed E-state index contributed by atoms with van der Waals surface area (Å²) in [5.41, 5.74) is 0.830. The van der Waals surface area contributed by atoms with Crippen molar-refractivity contribution in [3.63, 3.8) is 0 Å². The number of benzene rings is 2. The fourth-order valence-electron chi connectivity index (χ4n) is 2.41. The molecule has 100 valence electrons. The first-order chi connectivity index (χ1) is 9.06. The molecule has 19 heavy (non-hydrogen) atoms. The Morgan fingerprint density at radius 2 is 1.21 bits per heavy atom. The van der Waals surface area contributed by atoms with Gasteiger partial charge in [-0.05, 0) is 32.1 Å². The van der Waals surface area contributed by atoms with Crippen molar-refractivity contribution in [3.8, 4) is 0 Å². The zero-order valence-corrected chi connectivity index (χ0v) is 11.7. The van der Waals surface area contributed by atoms with Gasteiger partial charge in [0.1, 0.15) is 5.60 Å². The SMILES string of the molecule is C[C@H](N(C)C)C(O)(c1ccccc1)c1ccccc1. The number of rotatable bonds is 4. The third-order valence-corrected chi connectivity index (χ3v) is 3.81. The molecule has 0 bridgehead atoms. The highest BCUT2D eigenvalue weighted by molar-refractivity contribution is 5.37. The number of aliphatic hydroxyl groups is 1. The van der Waals surface area contributed by atoms with Gasteiger partial charge < -0.3 is 10.0 Å². The molecule has 2 aromatic rings. The van der Waals surface area contributed by atoms with Crippen LogP contribution in [0.15, 0.2) is 60.7 Å². The predicted molar refractivity (Wildman–Crippen MR) is 79.0 cm³/mol. The highest BCUT2D eigenvalue weighted by Crippen LogP contribution is 2.34. The molecule has 1 atom stereocenters. The summed E-state index contributed by atoms with van der Waals surface area (Å²) in [6.07, 6.45) is 0. The van der Waals surface area contributed by atoms with E-state index >= 15 is 0 Å². The first-order valence-electron chi connectivity index (χ1n) is 6.56. The van der Waals surface area contributed by atoms with E-state index in [4.69, 9.17) is 0 Å². The van der Waals surface area contributed by atoms with Gasteiger partial charge in [-0.2, -0.15) is 0 Å². The van der Waals surface area contributed by atoms with E-state index in [2.05, 4.69) is 0 Å². The molecule has 0 fully saturated rings. The maximum absolute atomic E-state index is 11.4. The van der Waals surface area contributed by atoms with Gasteiger partial charge in [0, 0.05) is 6.04 Å². The van der Waals surface area contributed by atoms with Crippen molar-refractivity contribution in [3.05, 3.63) is 71.8 Å². The summed E-state index contributed by atoms with van der Waals surface area (Å²) in [4.78, 5) is 2.04. The van der Waals surface area contributed by atoms with E-state index in [0.29, 0.717) is 0 Å². The van der Waals surface area contributed by atoms with Crippen LogP contribution in [0.5, 0.6) is 0 Å². The molecule has 0 aliphatic heterocycles. The van der Waals surface area contributed by atoms with Crippen molar-refractivity contribution in [1.29, 1.82) is 0 Å². The van der Waals surface area contributed by atoms with Crippen LogP contribution in [-0.4, -0.2) is 30.1 Å². The van der Waals surface area contributed by atoms with Crippen molar-refractivity contribution in [2.75, 3.05) is 14.1 Å². The molecule has 0 amide bonds. The Kier molecular flexibility index (Phi) is 4.03. The van der Waals surface area contributed by atoms with Crippen LogP contribution in [0.2, 0.25) is 0 Å². The Hall–Kier alpha value is -1.64. The lowest BCUT2D eigenvalue weighted by molar-refractivity contribution is 0.00510. The third kappa shape index (κ3) is 2.55. The smallest absolute Gasteiger partial charge is 0.130 e. The molecule has 0 saturated heterocycles. The van der Waals surface area contributed by atoms with Crippen LogP contribution in [0, 0.1) is 0 Å². The summed E-state index contributed by atoms with van der Waals surface area (Å²) in [5.74, 6) is 0. The van der Waals surface area contributed by atoms with E-state index < -0.39 is 5.60 Å². The Balaban J connectivity index is 2.57. The summed E-state index contributed by atoms with van der Waals surface area (Å²) < 4.78 is 0. The van der Waals surface area contributed by atoms with Crippen LogP contribution in [0.4, 0.5) is 0 Å². The molecule has 0 saturated carbocycles. The van der Waals surface area contributed by atoms with Gasteiger partial charge in [0.05, 0.1) is 0 Å². The molecule has 0 aliphatic rings. The molecule has 0 aromatic heterocycles. The molecule has 2 nitrogen and oxygen atoms in total. The average Bonchev–Trinajstić information content (AvgIpc) is 2.47. The molecular weight excluding hydrogens is 234 g/mol. The Labute approximate surface area is 115 Å². The van der Waals surface area contributed by atoms with E-state index in [1.54, 1.807) is 0 Å². The second-order valence-electron chi connectivity index (χ2n) is 5.14. The lowest BCUT2D eigenvalue weighted by Gasteiger charge is -2.38. The monoisotopic (exact) mass is 255 g/mol. The Bertz CT molecular complexity index is 468. The number of hydrogen-bond donors (Lipinski definition) is 1. The molecule has 0 aliphatic carbocycles. The van der Waals surface area contributed by atoms with Crippen LogP contribution >= 0.6 is 0 Å². The van der Waals surface area contributed by atoms with Gasteiger partial charge in [0.25, 0.3) is 0 Å². The van der Waals surface area contributed by atoms with Gasteiger partial charge in [-0.3, -0.25) is 0 Å². The average molecular weight is 255 g/mol. The topological polar surface area (TPSA) is 23.5 Å². The van der Waals surface area contributed by atoms with Crippen molar-refractivity contribution < 1.29 is 5.11 Å². The summed E-state index contributed by atoms with van der Waals surface area (Å²) >= 11 is 0. The maximum Gasteiger partial charge on any atom is 0.130 e. The molecule has 2 aromatic carbocycles. The van der Waals surface area contributed by atoms with Gasteiger partial charge in [-0.1, -0.05) is 60.7 Å². The number of hydrogen-bond acceptors (Lipinski definition) is 2. The summed E-state index contributed by atoms with van der Waals surface area (Å²) in [6, 6.07) is 19.7. The molecule has 1 N–H and O–H groups in total. The lowest BCUT2D eigenvalue weighted by Crippen LogP contribution is -2.46. The van der Waals surface area contributed by atoms with Crippen LogP contribution in [0.25, 0.3) is 0 Å². The van der Waals surface area contributed by atoms with Gasteiger partial charge in [0.15, 0.2) is 0 Å². The maximum atomic E-state index is 11.4. The summed E-state index contributed by atoms with van der Waals surface area (Å²) in [6.45, 7) is 2.04. The minimum Gasteiger partial charge on any atom is -0.379 e. The third-order valence-electron chi connectivity index (χ3n) is 3.81. The number of likely N-dealkylation sites (N-methyl/N-ethyl adjacent to an activating group) is 1. The fraction of sp³-hybridized carbons (Fsp3) is 0.294. The van der Waals surface area contributed by atoms with Crippen LogP contribution in [0.1, 0.15) is 18.1 Å². The van der Waals surface area contributed by atoms with Crippen molar-refractivity contribution >= 4 is 0 Å². The van der Waals surface area contributed by atoms with E-state index in [0.717, 1.165) is 11.1 Å². The van der Waals surface area contributed by atoms with E-state index in [1.807, 2.05) is 86.6 Å². The standard InChI is InChI=1S/C17H21NO/c1-14(18(2)3)17(19,15-10-6-4-7-11-15)16-12-8-5-9-13-16/h4-14,19H,1-3H3/t14-/m0/s1. The highest BCUT2D eigenvalue weighted by atomic mass is 16.3. The highest BCUT2D eigenvalue weighted by Gasteiger charge is 2.38. The predicted octanol–water partition coefficient (Wildman–Crippen LogP) is 2.87. The minimum absolute atomic E-state index is 0.0303. The van der Waals surface area contributed by atoms with Gasteiger partial charge in [0.2, 0.25) is 0 Å². The zero-order chi connectivity index (χ0) is 13.9. The normalized spacial score (nSPS) is 13.5. The summed E-state index contributed by atoms with van der Waals surface area (Å²) in [7, 11) is 3.98. The minimum atomic E-state index is -1.01. The first-order valence-corrected chi connectivity index (χ1v) is 6.56. The molecule has 0 heterocycles. The Morgan fingerprint density at radius 1 is 0.842 bits per heavy atom. The summed E-state index contributed by atoms with van der Waals surface area (Å²) in [5, 5.41) is 11.4. The van der Waals surface area contributed by atoms with Gasteiger partial charge in [-0.15, -0.1) is 0 Å². The number of nitrogens with zero attached hydrogens (tertiary/aromatic N) is 1. The van der Waals surface area contributed by atoms with Crippen LogP contribution in [0.3, 0.4) is 0 Å². The van der Waals surface area contributed by atoms with Crippen molar-refractivity contribution in [2.45, 2.75) is 18.6 Å². The van der Waals surface area contributed by atoms with Crippen molar-refractivity contribution in [1.82, 2.24) is 4.90 Å². The zero-order valence-electron chi connectivity index (χ0n) is 11.7. The Morgan fingerprint density at radius 3 is 1.53 bits per heavy atom. The largest absolute Gasteiger partial charge is 0.379 e.